The first kappa shape index (κ1) is 16.2. The van der Waals surface area contributed by atoms with Crippen molar-refractivity contribution in [2.24, 2.45) is 5.92 Å². The van der Waals surface area contributed by atoms with E-state index >= 15 is 0 Å². The number of rotatable bonds is 5. The molecule has 21 heavy (non-hydrogen) atoms. The minimum absolute atomic E-state index is 0.0402. The van der Waals surface area contributed by atoms with Gasteiger partial charge in [0.05, 0.1) is 5.25 Å². The lowest BCUT2D eigenvalue weighted by Crippen LogP contribution is -2.50. The Kier molecular flexibility index (Phi) is 5.21. The number of carboxylic acids is 1. The van der Waals surface area contributed by atoms with Crippen molar-refractivity contribution in [1.82, 2.24) is 9.62 Å². The van der Waals surface area contributed by atoms with E-state index in [9.17, 15) is 18.0 Å². The number of nitrogens with one attached hydrogen (secondary N) is 1. The topological polar surface area (TPSA) is 104 Å². The van der Waals surface area contributed by atoms with E-state index in [2.05, 4.69) is 4.72 Å². The summed E-state index contributed by atoms with van der Waals surface area (Å²) in [4.78, 5) is 24.5. The summed E-state index contributed by atoms with van der Waals surface area (Å²) in [6.07, 6.45) is 5.01. The second kappa shape index (κ2) is 6.74. The van der Waals surface area contributed by atoms with Gasteiger partial charge in [0, 0.05) is 19.0 Å². The maximum Gasteiger partial charge on any atom is 0.318 e. The van der Waals surface area contributed by atoms with Crippen molar-refractivity contribution < 1.29 is 23.1 Å². The first-order chi connectivity index (χ1) is 9.90. The summed E-state index contributed by atoms with van der Waals surface area (Å²) in [5, 5.41) is 7.86. The average Bonchev–Trinajstić information content (AvgIpc) is 2.99. The molecule has 0 aromatic heterocycles. The quantitative estimate of drug-likeness (QED) is 0.752. The van der Waals surface area contributed by atoms with Gasteiger partial charge < -0.3 is 10.0 Å². The molecule has 1 atom stereocenters. The van der Waals surface area contributed by atoms with Crippen LogP contribution in [-0.4, -0.2) is 55.2 Å². The third-order valence-electron chi connectivity index (χ3n) is 4.26. The van der Waals surface area contributed by atoms with Crippen molar-refractivity contribution in [3.63, 3.8) is 0 Å². The molecular weight excluding hydrogens is 296 g/mol. The van der Waals surface area contributed by atoms with Crippen molar-refractivity contribution in [2.75, 3.05) is 19.6 Å². The molecule has 1 heterocycles. The maximum atomic E-state index is 12.4. The van der Waals surface area contributed by atoms with Crippen molar-refractivity contribution in [1.29, 1.82) is 0 Å². The number of amides is 1. The zero-order valence-electron chi connectivity index (χ0n) is 12.0. The van der Waals surface area contributed by atoms with Gasteiger partial charge in [0.2, 0.25) is 15.9 Å². The van der Waals surface area contributed by atoms with E-state index < -0.39 is 27.8 Å². The van der Waals surface area contributed by atoms with Crippen molar-refractivity contribution in [2.45, 2.75) is 43.8 Å². The summed E-state index contributed by atoms with van der Waals surface area (Å²) in [7, 11) is -3.69. The van der Waals surface area contributed by atoms with Crippen LogP contribution < -0.4 is 4.72 Å². The number of hydrogen-bond donors (Lipinski definition) is 2. The van der Waals surface area contributed by atoms with E-state index in [0.717, 1.165) is 25.7 Å². The van der Waals surface area contributed by atoms with Crippen LogP contribution in [-0.2, 0) is 19.6 Å². The fourth-order valence-electron chi connectivity index (χ4n) is 3.10. The van der Waals surface area contributed by atoms with Gasteiger partial charge >= 0.3 is 5.97 Å². The van der Waals surface area contributed by atoms with Crippen molar-refractivity contribution in [3.8, 4) is 0 Å². The molecule has 0 bridgehead atoms. The predicted molar refractivity (Wildman–Crippen MR) is 76.1 cm³/mol. The Balaban J connectivity index is 1.96. The minimum atomic E-state index is -3.69. The molecule has 2 fully saturated rings. The molecule has 0 spiro atoms. The van der Waals surface area contributed by atoms with E-state index in [1.54, 1.807) is 4.90 Å². The highest BCUT2D eigenvalue weighted by molar-refractivity contribution is 7.90. The van der Waals surface area contributed by atoms with Gasteiger partial charge in [-0.3, -0.25) is 9.59 Å². The molecule has 1 aliphatic heterocycles. The van der Waals surface area contributed by atoms with Gasteiger partial charge in [-0.1, -0.05) is 12.8 Å². The normalized spacial score (nSPS) is 24.2. The molecular formula is C13H22N2O5S. The first-order valence-electron chi connectivity index (χ1n) is 7.39. The summed E-state index contributed by atoms with van der Waals surface area (Å²) in [6, 6.07) is 0. The van der Waals surface area contributed by atoms with E-state index in [0.29, 0.717) is 19.4 Å². The molecule has 1 saturated carbocycles. The fraction of sp³-hybridized carbons (Fsp3) is 0.846. The molecule has 1 unspecified atom stereocenters. The van der Waals surface area contributed by atoms with Gasteiger partial charge in [0.15, 0.2) is 0 Å². The number of carbonyl (C=O) groups excluding carboxylic acids is 1. The molecule has 0 radical (unpaired) electrons. The number of nitrogens with zero attached hydrogens (tertiary/aromatic N) is 1. The molecule has 8 heteroatoms. The second-order valence-corrected chi connectivity index (χ2v) is 7.84. The summed E-state index contributed by atoms with van der Waals surface area (Å²) in [6.45, 7) is 0.153. The van der Waals surface area contributed by atoms with Crippen LogP contribution in [0.2, 0.25) is 0 Å². The van der Waals surface area contributed by atoms with Gasteiger partial charge in [-0.05, 0) is 25.7 Å². The molecule has 2 rings (SSSR count). The summed E-state index contributed by atoms with van der Waals surface area (Å²) >= 11 is 0. The number of carboxylic acid groups (broad SMARTS) is 1. The van der Waals surface area contributed by atoms with Crippen LogP contribution in [0.3, 0.4) is 0 Å². The molecule has 120 valence electrons. The zero-order valence-corrected chi connectivity index (χ0v) is 12.8. The lowest BCUT2D eigenvalue weighted by atomic mass is 10.0. The van der Waals surface area contributed by atoms with Crippen LogP contribution >= 0.6 is 0 Å². The van der Waals surface area contributed by atoms with Gasteiger partial charge in [0.25, 0.3) is 0 Å². The highest BCUT2D eigenvalue weighted by Gasteiger charge is 2.35. The number of likely N-dealkylation sites (tertiary alicyclic amines) is 1. The standard InChI is InChI=1S/C13H22N2O5S/c16-12(17)8-14-21(19,20)11-6-3-7-15(9-11)13(18)10-4-1-2-5-10/h10-11,14H,1-9H2,(H,16,17). The molecule has 1 aliphatic carbocycles. The first-order valence-corrected chi connectivity index (χ1v) is 8.94. The number of sulfonamides is 1. The minimum Gasteiger partial charge on any atom is -0.480 e. The molecule has 0 aromatic carbocycles. The monoisotopic (exact) mass is 318 g/mol. The fourth-order valence-corrected chi connectivity index (χ4v) is 4.52. The Morgan fingerprint density at radius 3 is 2.43 bits per heavy atom. The molecule has 1 amide bonds. The van der Waals surface area contributed by atoms with E-state index in [4.69, 9.17) is 5.11 Å². The molecule has 2 aliphatic rings. The van der Waals surface area contributed by atoms with Crippen LogP contribution in [0.4, 0.5) is 0 Å². The van der Waals surface area contributed by atoms with Gasteiger partial charge in [-0.2, -0.15) is 0 Å². The summed E-state index contributed by atoms with van der Waals surface area (Å²) in [5.74, 6) is -1.11. The van der Waals surface area contributed by atoms with Crippen LogP contribution in [0.5, 0.6) is 0 Å². The Bertz CT molecular complexity index is 499. The zero-order chi connectivity index (χ0) is 15.5. The lowest BCUT2D eigenvalue weighted by molar-refractivity contribution is -0.137. The molecule has 2 N–H and O–H groups in total. The maximum absolute atomic E-state index is 12.4. The number of carbonyl (C=O) groups is 2. The van der Waals surface area contributed by atoms with Gasteiger partial charge in [-0.25, -0.2) is 13.1 Å². The lowest BCUT2D eigenvalue weighted by Gasteiger charge is -2.34. The van der Waals surface area contributed by atoms with E-state index in [1.165, 1.54) is 0 Å². The van der Waals surface area contributed by atoms with Crippen LogP contribution in [0, 0.1) is 5.92 Å². The number of hydrogen-bond acceptors (Lipinski definition) is 4. The van der Waals surface area contributed by atoms with Crippen LogP contribution in [0.1, 0.15) is 38.5 Å². The third kappa shape index (κ3) is 4.16. The van der Waals surface area contributed by atoms with Crippen molar-refractivity contribution >= 4 is 21.9 Å². The third-order valence-corrected chi connectivity index (χ3v) is 6.07. The molecule has 0 aromatic rings. The Hall–Kier alpha value is -1.15. The SMILES string of the molecule is O=C(O)CNS(=O)(=O)C1CCCN(C(=O)C2CCCC2)C1. The Morgan fingerprint density at radius 2 is 1.81 bits per heavy atom. The Morgan fingerprint density at radius 1 is 1.14 bits per heavy atom. The smallest absolute Gasteiger partial charge is 0.318 e. The van der Waals surface area contributed by atoms with Crippen LogP contribution in [0.15, 0.2) is 0 Å². The van der Waals surface area contributed by atoms with Crippen molar-refractivity contribution in [3.05, 3.63) is 0 Å². The second-order valence-electron chi connectivity index (χ2n) is 5.79. The summed E-state index contributed by atoms with van der Waals surface area (Å²) < 4.78 is 26.2. The number of piperidine rings is 1. The molecule has 7 nitrogen and oxygen atoms in total. The van der Waals surface area contributed by atoms with Crippen LogP contribution in [0.25, 0.3) is 0 Å². The van der Waals surface area contributed by atoms with Gasteiger partial charge in [-0.15, -0.1) is 0 Å². The largest absolute Gasteiger partial charge is 0.480 e. The predicted octanol–water partition coefficient (Wildman–Crippen LogP) is 0.172. The summed E-state index contributed by atoms with van der Waals surface area (Å²) in [5.41, 5.74) is 0. The highest BCUT2D eigenvalue weighted by atomic mass is 32.2. The Labute approximate surface area is 124 Å². The van der Waals surface area contributed by atoms with E-state index in [1.807, 2.05) is 0 Å². The van der Waals surface area contributed by atoms with Gasteiger partial charge in [0.1, 0.15) is 6.54 Å². The number of aliphatic carboxylic acids is 1. The van der Waals surface area contributed by atoms with E-state index in [-0.39, 0.29) is 18.4 Å². The average molecular weight is 318 g/mol. The highest BCUT2D eigenvalue weighted by Crippen LogP contribution is 2.28. The molecule has 1 saturated heterocycles.